The number of benzene rings is 1. The van der Waals surface area contributed by atoms with Crippen LogP contribution >= 0.6 is 12.2 Å². The minimum atomic E-state index is -0.779. The van der Waals surface area contributed by atoms with Crippen LogP contribution < -0.4 is 10.6 Å². The number of likely N-dealkylation sites (N-methyl/N-ethyl adjacent to an activating group) is 1. The Morgan fingerprint density at radius 1 is 1.40 bits per heavy atom. The molecule has 1 aromatic carbocycles. The maximum absolute atomic E-state index is 14.3. The molecule has 1 fully saturated rings. The van der Waals surface area contributed by atoms with Gasteiger partial charge < -0.3 is 15.5 Å². The summed E-state index contributed by atoms with van der Waals surface area (Å²) in [6, 6.07) is 4.63. The third-order valence-corrected chi connectivity index (χ3v) is 3.96. The lowest BCUT2D eigenvalue weighted by molar-refractivity contribution is -0.136. The maximum Gasteiger partial charge on any atom is 0.247 e. The highest BCUT2D eigenvalue weighted by atomic mass is 32.1. The molecule has 0 saturated carbocycles. The van der Waals surface area contributed by atoms with Crippen molar-refractivity contribution >= 4 is 28.8 Å². The van der Waals surface area contributed by atoms with Crippen LogP contribution in [0.25, 0.3) is 0 Å². The molecule has 1 amide bonds. The highest BCUT2D eigenvalue weighted by molar-refractivity contribution is 7.80. The molecule has 0 spiro atoms. The van der Waals surface area contributed by atoms with Gasteiger partial charge in [0.2, 0.25) is 5.91 Å². The molecule has 1 heterocycles. The van der Waals surface area contributed by atoms with E-state index in [1.165, 1.54) is 6.07 Å². The van der Waals surface area contributed by atoms with Crippen LogP contribution in [0.2, 0.25) is 0 Å². The first kappa shape index (κ1) is 14.7. The third kappa shape index (κ3) is 2.35. The number of halogens is 1. The number of carbonyl (C=O) groups is 1. The lowest BCUT2D eigenvalue weighted by atomic mass is 9.96. The van der Waals surface area contributed by atoms with Gasteiger partial charge in [-0.05, 0) is 32.0 Å². The van der Waals surface area contributed by atoms with Crippen LogP contribution in [0.4, 0.5) is 10.1 Å². The largest absolute Gasteiger partial charge is 0.389 e. The summed E-state index contributed by atoms with van der Waals surface area (Å²) in [6.07, 6.45) is 0. The average molecular weight is 295 g/mol. The number of amides is 1. The Balaban J connectivity index is 2.41. The van der Waals surface area contributed by atoms with E-state index in [4.69, 9.17) is 18.0 Å². The molecule has 0 unspecified atom stereocenters. The third-order valence-electron chi connectivity index (χ3n) is 3.73. The average Bonchev–Trinajstić information content (AvgIpc) is 2.37. The van der Waals surface area contributed by atoms with E-state index in [1.807, 2.05) is 0 Å². The van der Waals surface area contributed by atoms with E-state index in [0.29, 0.717) is 24.3 Å². The number of carbonyl (C=O) groups excluding carboxylic acids is 1. The number of hydrogen-bond acceptors (Lipinski definition) is 3. The number of thiocarbonyl (C=S) groups is 1. The highest BCUT2D eigenvalue weighted by Crippen LogP contribution is 2.30. The Kier molecular flexibility index (Phi) is 3.69. The van der Waals surface area contributed by atoms with Crippen LogP contribution in [0.5, 0.6) is 0 Å². The summed E-state index contributed by atoms with van der Waals surface area (Å²) in [5, 5.41) is 0. The van der Waals surface area contributed by atoms with Gasteiger partial charge in [-0.3, -0.25) is 4.79 Å². The highest BCUT2D eigenvalue weighted by Gasteiger charge is 2.41. The molecule has 2 N–H and O–H groups in total. The topological polar surface area (TPSA) is 49.6 Å². The van der Waals surface area contributed by atoms with E-state index in [1.54, 1.807) is 42.8 Å². The Hall–Kier alpha value is -1.69. The second kappa shape index (κ2) is 5.01. The second-order valence-electron chi connectivity index (χ2n) is 5.47. The molecule has 6 heteroatoms. The zero-order chi connectivity index (χ0) is 15.1. The van der Waals surface area contributed by atoms with Crippen molar-refractivity contribution in [3.63, 3.8) is 0 Å². The minimum absolute atomic E-state index is 0.0263. The number of nitrogens with zero attached hydrogens (tertiary/aromatic N) is 2. The molecule has 0 atom stereocenters. The number of hydrogen-bond donors (Lipinski definition) is 1. The van der Waals surface area contributed by atoms with Gasteiger partial charge in [0.05, 0.1) is 5.69 Å². The molecule has 108 valence electrons. The Morgan fingerprint density at radius 2 is 2.05 bits per heavy atom. The molecular formula is C14H18FN3OS. The van der Waals surface area contributed by atoms with Gasteiger partial charge in [0.15, 0.2) is 0 Å². The van der Waals surface area contributed by atoms with Crippen molar-refractivity contribution < 1.29 is 9.18 Å². The van der Waals surface area contributed by atoms with Gasteiger partial charge in [0.25, 0.3) is 0 Å². The van der Waals surface area contributed by atoms with Crippen LogP contribution in [0.3, 0.4) is 0 Å². The molecule has 0 radical (unpaired) electrons. The molecule has 0 bridgehead atoms. The summed E-state index contributed by atoms with van der Waals surface area (Å²) in [7, 11) is 1.76. The normalized spacial score (nSPS) is 18.3. The number of piperazine rings is 1. The van der Waals surface area contributed by atoms with Gasteiger partial charge in [-0.2, -0.15) is 0 Å². The van der Waals surface area contributed by atoms with E-state index in [-0.39, 0.29) is 10.9 Å². The zero-order valence-electron chi connectivity index (χ0n) is 11.8. The zero-order valence-corrected chi connectivity index (χ0v) is 12.6. The number of rotatable bonds is 2. The van der Waals surface area contributed by atoms with Crippen molar-refractivity contribution in [3.05, 3.63) is 29.6 Å². The van der Waals surface area contributed by atoms with Crippen molar-refractivity contribution in [2.24, 2.45) is 5.73 Å². The summed E-state index contributed by atoms with van der Waals surface area (Å²) in [5.74, 6) is -0.442. The van der Waals surface area contributed by atoms with Crippen molar-refractivity contribution in [1.29, 1.82) is 0 Å². The van der Waals surface area contributed by atoms with Gasteiger partial charge in [0, 0.05) is 25.7 Å². The SMILES string of the molecule is CN1CCN(c2ccc(C(N)=S)cc2F)C(C)(C)C1=O. The lowest BCUT2D eigenvalue weighted by Crippen LogP contribution is -2.62. The molecule has 1 aliphatic heterocycles. The molecular weight excluding hydrogens is 277 g/mol. The summed E-state index contributed by atoms with van der Waals surface area (Å²) in [4.78, 5) is 15.8. The summed E-state index contributed by atoms with van der Waals surface area (Å²) < 4.78 is 14.3. The summed E-state index contributed by atoms with van der Waals surface area (Å²) >= 11 is 4.84. The molecule has 2 rings (SSSR count). The van der Waals surface area contributed by atoms with Crippen molar-refractivity contribution in [1.82, 2.24) is 4.90 Å². The predicted octanol–water partition coefficient (Wildman–Crippen LogP) is 1.52. The van der Waals surface area contributed by atoms with Crippen LogP contribution in [0.1, 0.15) is 19.4 Å². The van der Waals surface area contributed by atoms with Crippen LogP contribution in [0.15, 0.2) is 18.2 Å². The first-order valence-corrected chi connectivity index (χ1v) is 6.78. The van der Waals surface area contributed by atoms with Gasteiger partial charge >= 0.3 is 0 Å². The Labute approximate surface area is 123 Å². The fourth-order valence-electron chi connectivity index (χ4n) is 2.51. The van der Waals surface area contributed by atoms with Gasteiger partial charge in [0.1, 0.15) is 16.3 Å². The van der Waals surface area contributed by atoms with Gasteiger partial charge in [-0.1, -0.05) is 12.2 Å². The van der Waals surface area contributed by atoms with E-state index < -0.39 is 11.4 Å². The van der Waals surface area contributed by atoms with E-state index in [9.17, 15) is 9.18 Å². The maximum atomic E-state index is 14.3. The Bertz CT molecular complexity index is 574. The number of nitrogens with two attached hydrogens (primary N) is 1. The predicted molar refractivity (Wildman–Crippen MR) is 81.3 cm³/mol. The minimum Gasteiger partial charge on any atom is -0.389 e. The summed E-state index contributed by atoms with van der Waals surface area (Å²) in [6.45, 7) is 4.75. The molecule has 1 aliphatic rings. The van der Waals surface area contributed by atoms with E-state index in [0.717, 1.165) is 0 Å². The molecule has 1 saturated heterocycles. The van der Waals surface area contributed by atoms with Crippen molar-refractivity contribution in [3.8, 4) is 0 Å². The lowest BCUT2D eigenvalue weighted by Gasteiger charge is -2.46. The molecule has 0 aromatic heterocycles. The quantitative estimate of drug-likeness (QED) is 0.841. The smallest absolute Gasteiger partial charge is 0.247 e. The van der Waals surface area contributed by atoms with Crippen LogP contribution in [-0.4, -0.2) is 41.5 Å². The van der Waals surface area contributed by atoms with Gasteiger partial charge in [-0.15, -0.1) is 0 Å². The van der Waals surface area contributed by atoms with Crippen molar-refractivity contribution in [2.75, 3.05) is 25.0 Å². The van der Waals surface area contributed by atoms with Gasteiger partial charge in [-0.25, -0.2) is 4.39 Å². The standard InChI is InChI=1S/C14H18FN3OS/c1-14(2)13(19)17(3)6-7-18(14)11-5-4-9(12(16)20)8-10(11)15/h4-5,8H,6-7H2,1-3H3,(H2,16,20). The van der Waals surface area contributed by atoms with Crippen LogP contribution in [0, 0.1) is 5.82 Å². The fraction of sp³-hybridized carbons (Fsp3) is 0.429. The first-order chi connectivity index (χ1) is 9.25. The number of anilines is 1. The molecule has 1 aromatic rings. The van der Waals surface area contributed by atoms with Crippen molar-refractivity contribution in [2.45, 2.75) is 19.4 Å². The first-order valence-electron chi connectivity index (χ1n) is 6.37. The molecule has 20 heavy (non-hydrogen) atoms. The van der Waals surface area contributed by atoms with E-state index >= 15 is 0 Å². The summed E-state index contributed by atoms with van der Waals surface area (Å²) in [5.41, 5.74) is 5.60. The molecule has 0 aliphatic carbocycles. The van der Waals surface area contributed by atoms with Crippen LogP contribution in [-0.2, 0) is 4.79 Å². The molecule has 4 nitrogen and oxygen atoms in total. The fourth-order valence-corrected chi connectivity index (χ4v) is 2.64. The monoisotopic (exact) mass is 295 g/mol. The second-order valence-corrected chi connectivity index (χ2v) is 5.91. The van der Waals surface area contributed by atoms with E-state index in [2.05, 4.69) is 0 Å². The Morgan fingerprint density at radius 3 is 2.60 bits per heavy atom.